The first-order valence-corrected chi connectivity index (χ1v) is 7.11. The van der Waals surface area contributed by atoms with Crippen molar-refractivity contribution in [3.8, 4) is 0 Å². The van der Waals surface area contributed by atoms with Crippen molar-refractivity contribution in [3.63, 3.8) is 0 Å². The monoisotopic (exact) mass is 249 g/mol. The van der Waals surface area contributed by atoms with Crippen LogP contribution in [0.15, 0.2) is 48.5 Å². The minimum Gasteiger partial charge on any atom is -0.279 e. The molecule has 2 aliphatic heterocycles. The van der Waals surface area contributed by atoms with Crippen molar-refractivity contribution in [2.24, 2.45) is 0 Å². The molecule has 0 saturated carbocycles. The average molecular weight is 249 g/mol. The smallest absolute Gasteiger partial charge is 0.0727 e. The standard InChI is InChI=1S/C18H19N/c1-4-18-15-11-7-5-9-13(15)17(2,19(18)3)14-10-6-8-12-16(14)18/h5-12H,4H2,1-3H3. The van der Waals surface area contributed by atoms with E-state index in [4.69, 9.17) is 0 Å². The molecule has 2 aliphatic rings. The molecule has 0 aliphatic carbocycles. The molecule has 2 heterocycles. The first-order valence-electron chi connectivity index (χ1n) is 7.11. The molecule has 0 atom stereocenters. The van der Waals surface area contributed by atoms with E-state index in [0.29, 0.717) is 0 Å². The molecule has 2 bridgehead atoms. The highest BCUT2D eigenvalue weighted by molar-refractivity contribution is 5.64. The van der Waals surface area contributed by atoms with E-state index >= 15 is 0 Å². The average Bonchev–Trinajstić information content (AvgIpc) is 2.79. The third-order valence-electron chi connectivity index (χ3n) is 5.55. The molecule has 1 nitrogen and oxygen atoms in total. The topological polar surface area (TPSA) is 3.24 Å². The highest BCUT2D eigenvalue weighted by Crippen LogP contribution is 2.63. The molecule has 96 valence electrons. The molecule has 0 N–H and O–H groups in total. The summed E-state index contributed by atoms with van der Waals surface area (Å²) in [5.74, 6) is 0. The predicted octanol–water partition coefficient (Wildman–Crippen LogP) is 3.86. The van der Waals surface area contributed by atoms with Crippen LogP contribution in [-0.4, -0.2) is 11.9 Å². The van der Waals surface area contributed by atoms with Crippen LogP contribution < -0.4 is 0 Å². The summed E-state index contributed by atoms with van der Waals surface area (Å²) >= 11 is 0. The van der Waals surface area contributed by atoms with E-state index in [2.05, 4.69) is 74.3 Å². The molecule has 0 aromatic heterocycles. The fraction of sp³-hybridized carbons (Fsp3) is 0.333. The highest BCUT2D eigenvalue weighted by atomic mass is 15.3. The third-order valence-corrected chi connectivity index (χ3v) is 5.55. The van der Waals surface area contributed by atoms with Crippen LogP contribution in [0.1, 0.15) is 42.5 Å². The minimum atomic E-state index is 0.0309. The van der Waals surface area contributed by atoms with Gasteiger partial charge in [-0.1, -0.05) is 55.5 Å². The van der Waals surface area contributed by atoms with Crippen LogP contribution >= 0.6 is 0 Å². The van der Waals surface area contributed by atoms with Crippen molar-refractivity contribution < 1.29 is 0 Å². The quantitative estimate of drug-likeness (QED) is 0.741. The summed E-state index contributed by atoms with van der Waals surface area (Å²) in [6.07, 6.45) is 1.12. The first-order chi connectivity index (χ1) is 9.17. The van der Waals surface area contributed by atoms with Gasteiger partial charge in [0.25, 0.3) is 0 Å². The molecule has 19 heavy (non-hydrogen) atoms. The molecule has 0 amide bonds. The Morgan fingerprint density at radius 3 is 1.68 bits per heavy atom. The van der Waals surface area contributed by atoms with Crippen molar-refractivity contribution in [2.45, 2.75) is 31.3 Å². The van der Waals surface area contributed by atoms with Crippen LogP contribution in [0.3, 0.4) is 0 Å². The molecule has 0 unspecified atom stereocenters. The number of rotatable bonds is 1. The molecule has 0 fully saturated rings. The van der Waals surface area contributed by atoms with Crippen LogP contribution in [0.25, 0.3) is 0 Å². The van der Waals surface area contributed by atoms with Gasteiger partial charge in [-0.3, -0.25) is 4.90 Å². The normalized spacial score (nSPS) is 31.3. The Morgan fingerprint density at radius 2 is 1.26 bits per heavy atom. The number of nitrogens with zero attached hydrogens (tertiary/aromatic N) is 1. The zero-order valence-electron chi connectivity index (χ0n) is 11.8. The Balaban J connectivity index is 2.17. The number of hydrogen-bond donors (Lipinski definition) is 0. The van der Waals surface area contributed by atoms with E-state index < -0.39 is 0 Å². The lowest BCUT2D eigenvalue weighted by atomic mass is 9.72. The predicted molar refractivity (Wildman–Crippen MR) is 78.2 cm³/mol. The van der Waals surface area contributed by atoms with Crippen molar-refractivity contribution in [1.82, 2.24) is 4.90 Å². The zero-order chi connectivity index (χ0) is 13.3. The second kappa shape index (κ2) is 3.29. The van der Waals surface area contributed by atoms with Crippen molar-refractivity contribution in [3.05, 3.63) is 70.8 Å². The Labute approximate surface area is 114 Å². The van der Waals surface area contributed by atoms with Gasteiger partial charge in [-0.25, -0.2) is 0 Å². The fourth-order valence-corrected chi connectivity index (χ4v) is 4.55. The van der Waals surface area contributed by atoms with Gasteiger partial charge in [0, 0.05) is 0 Å². The molecule has 1 heteroatoms. The number of fused-ring (bicyclic) bond motifs is 8. The Bertz CT molecular complexity index is 623. The van der Waals surface area contributed by atoms with Crippen molar-refractivity contribution >= 4 is 0 Å². The van der Waals surface area contributed by atoms with Crippen LogP contribution in [0.5, 0.6) is 0 Å². The second-order valence-electron chi connectivity index (χ2n) is 5.94. The van der Waals surface area contributed by atoms with Crippen LogP contribution in [0.2, 0.25) is 0 Å². The Hall–Kier alpha value is -1.60. The number of benzene rings is 2. The Kier molecular flexibility index (Phi) is 1.95. The van der Waals surface area contributed by atoms with Crippen LogP contribution in [-0.2, 0) is 11.1 Å². The number of hydrogen-bond acceptors (Lipinski definition) is 1. The molecule has 4 rings (SSSR count). The van der Waals surface area contributed by atoms with Gasteiger partial charge in [0.2, 0.25) is 0 Å². The second-order valence-corrected chi connectivity index (χ2v) is 5.94. The van der Waals surface area contributed by atoms with E-state index in [-0.39, 0.29) is 11.1 Å². The van der Waals surface area contributed by atoms with E-state index in [9.17, 15) is 0 Å². The van der Waals surface area contributed by atoms with Crippen molar-refractivity contribution in [1.29, 1.82) is 0 Å². The largest absolute Gasteiger partial charge is 0.279 e. The molecule has 2 aromatic carbocycles. The van der Waals surface area contributed by atoms with Gasteiger partial charge in [0.15, 0.2) is 0 Å². The molecule has 0 radical (unpaired) electrons. The molecular weight excluding hydrogens is 230 g/mol. The summed E-state index contributed by atoms with van der Waals surface area (Å²) < 4.78 is 0. The summed E-state index contributed by atoms with van der Waals surface area (Å²) in [5.41, 5.74) is 6.07. The summed E-state index contributed by atoms with van der Waals surface area (Å²) in [6, 6.07) is 17.9. The maximum Gasteiger partial charge on any atom is 0.0727 e. The maximum atomic E-state index is 2.58. The minimum absolute atomic E-state index is 0.0309. The fourth-order valence-electron chi connectivity index (χ4n) is 4.55. The van der Waals surface area contributed by atoms with Gasteiger partial charge in [-0.15, -0.1) is 0 Å². The molecule has 2 aromatic rings. The molecule has 0 saturated heterocycles. The van der Waals surface area contributed by atoms with Gasteiger partial charge in [0.05, 0.1) is 11.1 Å². The van der Waals surface area contributed by atoms with E-state index in [1.54, 1.807) is 0 Å². The maximum absolute atomic E-state index is 2.58. The van der Waals surface area contributed by atoms with Gasteiger partial charge in [-0.2, -0.15) is 0 Å². The van der Waals surface area contributed by atoms with Gasteiger partial charge >= 0.3 is 0 Å². The summed E-state index contributed by atoms with van der Waals surface area (Å²) in [7, 11) is 2.28. The van der Waals surface area contributed by atoms with E-state index in [1.165, 1.54) is 22.3 Å². The van der Waals surface area contributed by atoms with E-state index in [0.717, 1.165) is 6.42 Å². The van der Waals surface area contributed by atoms with E-state index in [1.807, 2.05) is 0 Å². The summed E-state index contributed by atoms with van der Waals surface area (Å²) in [5, 5.41) is 0. The first kappa shape index (κ1) is 11.2. The van der Waals surface area contributed by atoms with Crippen LogP contribution in [0, 0.1) is 0 Å². The van der Waals surface area contributed by atoms with Crippen LogP contribution in [0.4, 0.5) is 0 Å². The lowest BCUT2D eigenvalue weighted by Gasteiger charge is -2.35. The molecular formula is C18H19N. The van der Waals surface area contributed by atoms with Crippen molar-refractivity contribution in [2.75, 3.05) is 7.05 Å². The summed E-state index contributed by atoms with van der Waals surface area (Å²) in [4.78, 5) is 2.58. The lowest BCUT2D eigenvalue weighted by molar-refractivity contribution is 0.119. The molecule has 0 spiro atoms. The SMILES string of the molecule is CCC12c3ccccc3C(C)(c3ccccc31)N2C. The Morgan fingerprint density at radius 1 is 0.842 bits per heavy atom. The lowest BCUT2D eigenvalue weighted by Crippen LogP contribution is -2.40. The van der Waals surface area contributed by atoms with Gasteiger partial charge in [0.1, 0.15) is 0 Å². The van der Waals surface area contributed by atoms with Gasteiger partial charge in [-0.05, 0) is 42.6 Å². The highest BCUT2D eigenvalue weighted by Gasteiger charge is 2.61. The summed E-state index contributed by atoms with van der Waals surface area (Å²) in [6.45, 7) is 4.68. The third kappa shape index (κ3) is 0.964. The van der Waals surface area contributed by atoms with Gasteiger partial charge < -0.3 is 0 Å². The zero-order valence-corrected chi connectivity index (χ0v) is 11.8.